The molecule has 1 aliphatic rings. The first kappa shape index (κ1) is 14.4. The van der Waals surface area contributed by atoms with Crippen LogP contribution < -0.4 is 10.6 Å². The van der Waals surface area contributed by atoms with E-state index in [2.05, 4.69) is 23.1 Å². The van der Waals surface area contributed by atoms with Crippen molar-refractivity contribution < 1.29 is 4.39 Å². The first-order chi connectivity index (χ1) is 10.2. The van der Waals surface area contributed by atoms with E-state index in [-0.39, 0.29) is 5.82 Å². The van der Waals surface area contributed by atoms with Crippen molar-refractivity contribution in [3.05, 3.63) is 64.4 Å². The third-order valence-corrected chi connectivity index (χ3v) is 4.28. The minimum absolute atomic E-state index is 0.248. The number of benzene rings is 2. The van der Waals surface area contributed by atoms with E-state index in [1.54, 1.807) is 12.1 Å². The molecule has 2 aromatic rings. The van der Waals surface area contributed by atoms with Crippen molar-refractivity contribution in [1.82, 2.24) is 0 Å². The zero-order chi connectivity index (χ0) is 14.8. The van der Waals surface area contributed by atoms with E-state index in [1.807, 2.05) is 6.07 Å². The van der Waals surface area contributed by atoms with Crippen molar-refractivity contribution in [2.24, 2.45) is 5.73 Å². The second kappa shape index (κ2) is 6.04. The second-order valence-corrected chi connectivity index (χ2v) is 5.89. The molecular weight excluding hydrogens is 287 g/mol. The van der Waals surface area contributed by atoms with Crippen molar-refractivity contribution in [3.8, 4) is 0 Å². The average molecular weight is 305 g/mol. The summed E-state index contributed by atoms with van der Waals surface area (Å²) in [5.74, 6) is 0.184. The van der Waals surface area contributed by atoms with Crippen LogP contribution in [0.25, 0.3) is 0 Å². The highest BCUT2D eigenvalue weighted by molar-refractivity contribution is 6.30. The van der Waals surface area contributed by atoms with Gasteiger partial charge >= 0.3 is 0 Å². The van der Waals surface area contributed by atoms with Crippen molar-refractivity contribution in [2.45, 2.75) is 18.9 Å². The number of hydrogen-bond donors (Lipinski definition) is 1. The van der Waals surface area contributed by atoms with Gasteiger partial charge in [0.05, 0.1) is 0 Å². The number of nitrogens with zero attached hydrogens (tertiary/aromatic N) is 1. The molecule has 21 heavy (non-hydrogen) atoms. The van der Waals surface area contributed by atoms with Crippen LogP contribution in [0.1, 0.15) is 23.5 Å². The number of fused-ring (bicyclic) bond motifs is 1. The summed E-state index contributed by atoms with van der Waals surface area (Å²) in [6.07, 6.45) is 0.955. The average Bonchev–Trinajstić information content (AvgIpc) is 2.81. The number of anilines is 1. The number of hydrogen-bond acceptors (Lipinski definition) is 2. The molecule has 1 unspecified atom stereocenters. The minimum atomic E-state index is -0.248. The zero-order valence-electron chi connectivity index (χ0n) is 11.7. The van der Waals surface area contributed by atoms with Gasteiger partial charge in [0.15, 0.2) is 0 Å². The highest BCUT2D eigenvalue weighted by atomic mass is 35.5. The van der Waals surface area contributed by atoms with Crippen LogP contribution in [0.2, 0.25) is 5.02 Å². The molecule has 0 amide bonds. The molecule has 0 saturated heterocycles. The van der Waals surface area contributed by atoms with Crippen LogP contribution in [0, 0.1) is 5.82 Å². The number of halogens is 2. The van der Waals surface area contributed by atoms with Crippen LogP contribution in [0.5, 0.6) is 0 Å². The van der Waals surface area contributed by atoms with E-state index < -0.39 is 0 Å². The zero-order valence-corrected chi connectivity index (χ0v) is 12.5. The van der Waals surface area contributed by atoms with Gasteiger partial charge in [-0.25, -0.2) is 4.39 Å². The molecule has 0 radical (unpaired) electrons. The standard InChI is InChI=1S/C17H18ClFN2/c18-14-6-5-13(16(19)9-14)11-21-10-12(7-8-20)15-3-1-2-4-17(15)21/h1-6,9,12H,7-8,10-11,20H2. The Hall–Kier alpha value is -1.58. The number of nitrogens with two attached hydrogens (primary N) is 1. The molecule has 0 fully saturated rings. The molecule has 1 aliphatic heterocycles. The van der Waals surface area contributed by atoms with Gasteiger partial charge in [-0.1, -0.05) is 35.9 Å². The molecule has 0 aliphatic carbocycles. The Labute approximate surface area is 129 Å². The molecule has 0 bridgehead atoms. The van der Waals surface area contributed by atoms with E-state index >= 15 is 0 Å². The maximum Gasteiger partial charge on any atom is 0.129 e. The molecule has 1 heterocycles. The highest BCUT2D eigenvalue weighted by Gasteiger charge is 2.27. The Morgan fingerprint density at radius 1 is 1.24 bits per heavy atom. The molecule has 2 N–H and O–H groups in total. The van der Waals surface area contributed by atoms with Gasteiger partial charge in [-0.2, -0.15) is 0 Å². The topological polar surface area (TPSA) is 29.3 Å². The molecule has 1 atom stereocenters. The fraction of sp³-hybridized carbons (Fsp3) is 0.294. The third-order valence-electron chi connectivity index (χ3n) is 4.05. The molecule has 0 spiro atoms. The van der Waals surface area contributed by atoms with Crippen LogP contribution in [0.4, 0.5) is 10.1 Å². The van der Waals surface area contributed by atoms with Crippen molar-refractivity contribution in [1.29, 1.82) is 0 Å². The van der Waals surface area contributed by atoms with Crippen molar-refractivity contribution in [3.63, 3.8) is 0 Å². The highest BCUT2D eigenvalue weighted by Crippen LogP contribution is 2.38. The lowest BCUT2D eigenvalue weighted by atomic mass is 9.98. The van der Waals surface area contributed by atoms with Gasteiger partial charge in [0.25, 0.3) is 0 Å². The summed E-state index contributed by atoms with van der Waals surface area (Å²) in [5.41, 5.74) is 8.88. The van der Waals surface area contributed by atoms with E-state index in [0.29, 0.717) is 29.6 Å². The van der Waals surface area contributed by atoms with Crippen LogP contribution in [-0.4, -0.2) is 13.1 Å². The predicted octanol–water partition coefficient (Wildman–Crippen LogP) is 3.93. The van der Waals surface area contributed by atoms with E-state index in [9.17, 15) is 4.39 Å². The van der Waals surface area contributed by atoms with Crippen LogP contribution in [0.3, 0.4) is 0 Å². The SMILES string of the molecule is NCCC1CN(Cc2ccc(Cl)cc2F)c2ccccc21. The Morgan fingerprint density at radius 2 is 2.05 bits per heavy atom. The summed E-state index contributed by atoms with van der Waals surface area (Å²) in [5, 5.41) is 0.430. The van der Waals surface area contributed by atoms with Crippen LogP contribution in [-0.2, 0) is 6.54 Å². The Bertz CT molecular complexity index is 644. The van der Waals surface area contributed by atoms with Gasteiger partial charge in [0, 0.05) is 35.3 Å². The monoisotopic (exact) mass is 304 g/mol. The van der Waals surface area contributed by atoms with Crippen LogP contribution in [0.15, 0.2) is 42.5 Å². The van der Waals surface area contributed by atoms with Gasteiger partial charge < -0.3 is 10.6 Å². The Kier molecular flexibility index (Phi) is 4.13. The Balaban J connectivity index is 1.86. The fourth-order valence-corrected chi connectivity index (χ4v) is 3.20. The largest absolute Gasteiger partial charge is 0.366 e. The molecule has 2 nitrogen and oxygen atoms in total. The fourth-order valence-electron chi connectivity index (χ4n) is 3.04. The first-order valence-electron chi connectivity index (χ1n) is 7.17. The molecule has 110 valence electrons. The molecule has 3 rings (SSSR count). The van der Waals surface area contributed by atoms with Gasteiger partial charge in [-0.15, -0.1) is 0 Å². The van der Waals surface area contributed by atoms with E-state index in [0.717, 1.165) is 13.0 Å². The van der Waals surface area contributed by atoms with E-state index in [1.165, 1.54) is 17.3 Å². The molecule has 0 saturated carbocycles. The molecule has 4 heteroatoms. The summed E-state index contributed by atoms with van der Waals surface area (Å²) in [6, 6.07) is 13.2. The van der Waals surface area contributed by atoms with Gasteiger partial charge in [-0.05, 0) is 36.7 Å². The molecule has 2 aromatic carbocycles. The summed E-state index contributed by atoms with van der Waals surface area (Å²) in [4.78, 5) is 2.22. The number of rotatable bonds is 4. The van der Waals surface area contributed by atoms with Gasteiger partial charge in [0.2, 0.25) is 0 Å². The summed E-state index contributed by atoms with van der Waals surface area (Å²) in [6.45, 7) is 2.11. The quantitative estimate of drug-likeness (QED) is 0.927. The summed E-state index contributed by atoms with van der Waals surface area (Å²) in [7, 11) is 0. The molecule has 0 aromatic heterocycles. The van der Waals surface area contributed by atoms with E-state index in [4.69, 9.17) is 17.3 Å². The lowest BCUT2D eigenvalue weighted by Gasteiger charge is -2.20. The Morgan fingerprint density at radius 3 is 2.81 bits per heavy atom. The smallest absolute Gasteiger partial charge is 0.129 e. The third kappa shape index (κ3) is 2.89. The predicted molar refractivity (Wildman–Crippen MR) is 85.3 cm³/mol. The number of para-hydroxylation sites is 1. The summed E-state index contributed by atoms with van der Waals surface area (Å²) < 4.78 is 14.0. The lowest BCUT2D eigenvalue weighted by Crippen LogP contribution is -2.22. The maximum absolute atomic E-state index is 14.0. The lowest BCUT2D eigenvalue weighted by molar-refractivity contribution is 0.597. The molecular formula is C17H18ClFN2. The van der Waals surface area contributed by atoms with Gasteiger partial charge in [0.1, 0.15) is 5.82 Å². The second-order valence-electron chi connectivity index (χ2n) is 5.45. The first-order valence-corrected chi connectivity index (χ1v) is 7.54. The van der Waals surface area contributed by atoms with Crippen LogP contribution >= 0.6 is 11.6 Å². The van der Waals surface area contributed by atoms with Crippen molar-refractivity contribution in [2.75, 3.05) is 18.0 Å². The summed E-state index contributed by atoms with van der Waals surface area (Å²) >= 11 is 5.81. The van der Waals surface area contributed by atoms with Gasteiger partial charge in [-0.3, -0.25) is 0 Å². The maximum atomic E-state index is 14.0. The normalized spacial score (nSPS) is 17.1. The minimum Gasteiger partial charge on any atom is -0.366 e. The van der Waals surface area contributed by atoms with Crippen molar-refractivity contribution >= 4 is 17.3 Å².